The van der Waals surface area contributed by atoms with Crippen LogP contribution in [0.3, 0.4) is 0 Å². The Labute approximate surface area is 177 Å². The van der Waals surface area contributed by atoms with Gasteiger partial charge in [0.05, 0.1) is 5.52 Å². The second kappa shape index (κ2) is 9.08. The Hall–Kier alpha value is -4.21. The van der Waals surface area contributed by atoms with Gasteiger partial charge in [0.2, 0.25) is 5.91 Å². The van der Waals surface area contributed by atoms with Crippen molar-refractivity contribution in [3.8, 4) is 0 Å². The molecule has 0 aliphatic heterocycles. The molecule has 31 heavy (non-hydrogen) atoms. The van der Waals surface area contributed by atoms with E-state index in [9.17, 15) is 9.59 Å². The van der Waals surface area contributed by atoms with Crippen molar-refractivity contribution in [2.45, 2.75) is 13.5 Å². The highest BCUT2D eigenvalue weighted by Crippen LogP contribution is 2.13. The first-order chi connectivity index (χ1) is 15.1. The predicted molar refractivity (Wildman–Crippen MR) is 116 cm³/mol. The standard InChI is InChI=1S/C21H21N7O3/c1-14-6-7-17(24-12-14)25-19-9-8-18(26-27-19)22-10-11-23-20(29)13-28-15-4-2-3-5-16(15)31-21(28)30/h2-9,12H,10-11,13H2,1H3,(H,22,26)(H,23,29)(H,24,25,27). The molecule has 0 saturated heterocycles. The fourth-order valence-corrected chi connectivity index (χ4v) is 2.92. The lowest BCUT2D eigenvalue weighted by Gasteiger charge is -2.08. The number of hydrogen-bond donors (Lipinski definition) is 3. The fourth-order valence-electron chi connectivity index (χ4n) is 2.92. The van der Waals surface area contributed by atoms with Crippen LogP contribution in [-0.2, 0) is 11.3 Å². The smallest absolute Gasteiger partial charge is 0.408 e. The highest BCUT2D eigenvalue weighted by molar-refractivity contribution is 5.79. The van der Waals surface area contributed by atoms with E-state index in [1.807, 2.05) is 19.1 Å². The number of nitrogens with one attached hydrogen (secondary N) is 3. The molecule has 4 rings (SSSR count). The Kier molecular flexibility index (Phi) is 5.88. The van der Waals surface area contributed by atoms with E-state index in [-0.39, 0.29) is 12.5 Å². The summed E-state index contributed by atoms with van der Waals surface area (Å²) in [4.78, 5) is 28.4. The maximum atomic E-state index is 12.2. The van der Waals surface area contributed by atoms with Crippen LogP contribution < -0.4 is 21.7 Å². The zero-order valence-corrected chi connectivity index (χ0v) is 16.8. The number of benzene rings is 1. The summed E-state index contributed by atoms with van der Waals surface area (Å²) in [7, 11) is 0. The van der Waals surface area contributed by atoms with Gasteiger partial charge in [-0.05, 0) is 42.8 Å². The maximum Gasteiger partial charge on any atom is 0.420 e. The van der Waals surface area contributed by atoms with E-state index < -0.39 is 5.76 Å². The molecule has 0 radical (unpaired) electrons. The van der Waals surface area contributed by atoms with Crippen LogP contribution >= 0.6 is 0 Å². The number of carbonyl (C=O) groups excluding carboxylic acids is 1. The van der Waals surface area contributed by atoms with E-state index in [0.717, 1.165) is 5.56 Å². The van der Waals surface area contributed by atoms with Gasteiger partial charge in [-0.25, -0.2) is 9.78 Å². The van der Waals surface area contributed by atoms with E-state index in [1.165, 1.54) is 4.57 Å². The van der Waals surface area contributed by atoms with Crippen LogP contribution in [0, 0.1) is 6.92 Å². The average Bonchev–Trinajstić information content (AvgIpc) is 3.09. The van der Waals surface area contributed by atoms with Crippen LogP contribution in [0.4, 0.5) is 17.5 Å². The molecule has 3 heterocycles. The van der Waals surface area contributed by atoms with Crippen molar-refractivity contribution >= 4 is 34.5 Å². The van der Waals surface area contributed by atoms with Gasteiger partial charge in [-0.3, -0.25) is 9.36 Å². The molecule has 3 aromatic heterocycles. The van der Waals surface area contributed by atoms with Crippen molar-refractivity contribution in [3.63, 3.8) is 0 Å². The molecular formula is C21H21N7O3. The lowest BCUT2D eigenvalue weighted by atomic mass is 10.3. The molecule has 158 valence electrons. The molecule has 0 aliphatic rings. The monoisotopic (exact) mass is 419 g/mol. The number of oxazole rings is 1. The number of nitrogens with zero attached hydrogens (tertiary/aromatic N) is 4. The maximum absolute atomic E-state index is 12.2. The molecule has 0 saturated carbocycles. The number of para-hydroxylation sites is 2. The molecule has 10 heteroatoms. The summed E-state index contributed by atoms with van der Waals surface area (Å²) in [5.41, 5.74) is 2.12. The van der Waals surface area contributed by atoms with Gasteiger partial charge < -0.3 is 20.4 Å². The summed E-state index contributed by atoms with van der Waals surface area (Å²) in [6.45, 7) is 2.67. The van der Waals surface area contributed by atoms with Crippen LogP contribution in [0.2, 0.25) is 0 Å². The Balaban J connectivity index is 1.23. The average molecular weight is 419 g/mol. The molecule has 10 nitrogen and oxygen atoms in total. The minimum Gasteiger partial charge on any atom is -0.408 e. The van der Waals surface area contributed by atoms with Crippen molar-refractivity contribution in [1.82, 2.24) is 25.1 Å². The minimum absolute atomic E-state index is 0.108. The van der Waals surface area contributed by atoms with Crippen molar-refractivity contribution in [2.75, 3.05) is 23.7 Å². The molecule has 0 unspecified atom stereocenters. The van der Waals surface area contributed by atoms with Crippen LogP contribution in [0.25, 0.3) is 11.1 Å². The number of pyridine rings is 1. The van der Waals surface area contributed by atoms with Crippen LogP contribution in [0.1, 0.15) is 5.56 Å². The highest BCUT2D eigenvalue weighted by atomic mass is 16.4. The number of carbonyl (C=O) groups is 1. The summed E-state index contributed by atoms with van der Waals surface area (Å²) in [5, 5.41) is 17.1. The number of amides is 1. The summed E-state index contributed by atoms with van der Waals surface area (Å²) in [5.74, 6) is 1.00. The molecule has 1 aromatic carbocycles. The first-order valence-corrected chi connectivity index (χ1v) is 9.71. The van der Waals surface area contributed by atoms with E-state index in [1.54, 1.807) is 42.6 Å². The molecular weight excluding hydrogens is 398 g/mol. The van der Waals surface area contributed by atoms with Gasteiger partial charge in [-0.2, -0.15) is 0 Å². The molecule has 1 amide bonds. The molecule has 4 aromatic rings. The van der Waals surface area contributed by atoms with Gasteiger partial charge >= 0.3 is 5.76 Å². The topological polar surface area (TPSA) is 127 Å². The lowest BCUT2D eigenvalue weighted by molar-refractivity contribution is -0.121. The summed E-state index contributed by atoms with van der Waals surface area (Å²) >= 11 is 0. The summed E-state index contributed by atoms with van der Waals surface area (Å²) in [6.07, 6.45) is 1.77. The van der Waals surface area contributed by atoms with Crippen molar-refractivity contribution in [1.29, 1.82) is 0 Å². The Morgan fingerprint density at radius 3 is 2.55 bits per heavy atom. The van der Waals surface area contributed by atoms with Gasteiger partial charge in [-0.1, -0.05) is 18.2 Å². The molecule has 0 fully saturated rings. The number of aryl methyl sites for hydroxylation is 1. The highest BCUT2D eigenvalue weighted by Gasteiger charge is 2.11. The second-order valence-corrected chi connectivity index (χ2v) is 6.85. The summed E-state index contributed by atoms with van der Waals surface area (Å²) in [6, 6.07) is 14.4. The van der Waals surface area contributed by atoms with E-state index in [4.69, 9.17) is 4.42 Å². The molecule has 3 N–H and O–H groups in total. The quantitative estimate of drug-likeness (QED) is 0.371. The Morgan fingerprint density at radius 1 is 1.00 bits per heavy atom. The third-order valence-electron chi connectivity index (χ3n) is 4.46. The number of fused-ring (bicyclic) bond motifs is 1. The predicted octanol–water partition coefficient (Wildman–Crippen LogP) is 2.06. The minimum atomic E-state index is -0.556. The number of aromatic nitrogens is 4. The normalized spacial score (nSPS) is 10.7. The van der Waals surface area contributed by atoms with Gasteiger partial charge in [-0.15, -0.1) is 10.2 Å². The van der Waals surface area contributed by atoms with E-state index in [0.29, 0.717) is 41.6 Å². The zero-order chi connectivity index (χ0) is 21.6. The SMILES string of the molecule is Cc1ccc(Nc2ccc(NCCNC(=O)Cn3c(=O)oc4ccccc43)nn2)nc1. The van der Waals surface area contributed by atoms with Gasteiger partial charge in [0.15, 0.2) is 11.4 Å². The van der Waals surface area contributed by atoms with Crippen molar-refractivity contribution in [3.05, 3.63) is 70.8 Å². The molecule has 0 spiro atoms. The molecule has 0 bridgehead atoms. The third-order valence-corrected chi connectivity index (χ3v) is 4.46. The largest absolute Gasteiger partial charge is 0.420 e. The lowest BCUT2D eigenvalue weighted by Crippen LogP contribution is -2.33. The zero-order valence-electron chi connectivity index (χ0n) is 16.8. The van der Waals surface area contributed by atoms with Crippen molar-refractivity contribution in [2.24, 2.45) is 0 Å². The molecule has 0 aliphatic carbocycles. The Bertz CT molecular complexity index is 1230. The fraction of sp³-hybridized carbons (Fsp3) is 0.190. The van der Waals surface area contributed by atoms with Crippen molar-refractivity contribution < 1.29 is 9.21 Å². The van der Waals surface area contributed by atoms with E-state index >= 15 is 0 Å². The second-order valence-electron chi connectivity index (χ2n) is 6.85. The number of anilines is 3. The van der Waals surface area contributed by atoms with Crippen LogP contribution in [-0.4, -0.2) is 38.7 Å². The van der Waals surface area contributed by atoms with Crippen LogP contribution in [0.15, 0.2) is 63.9 Å². The first-order valence-electron chi connectivity index (χ1n) is 9.71. The van der Waals surface area contributed by atoms with Gasteiger partial charge in [0.25, 0.3) is 0 Å². The van der Waals surface area contributed by atoms with Gasteiger partial charge in [0, 0.05) is 19.3 Å². The molecule has 0 atom stereocenters. The Morgan fingerprint density at radius 2 is 1.77 bits per heavy atom. The third kappa shape index (κ3) is 5.04. The summed E-state index contributed by atoms with van der Waals surface area (Å²) < 4.78 is 6.43. The first kappa shape index (κ1) is 20.1. The van der Waals surface area contributed by atoms with Gasteiger partial charge in [0.1, 0.15) is 18.2 Å². The van der Waals surface area contributed by atoms with E-state index in [2.05, 4.69) is 31.1 Å². The number of hydrogen-bond acceptors (Lipinski definition) is 8. The van der Waals surface area contributed by atoms with Crippen LogP contribution in [0.5, 0.6) is 0 Å². The number of rotatable bonds is 8.